The molecular formula is C10H9IN2O2. The molecule has 0 radical (unpaired) electrons. The highest BCUT2D eigenvalue weighted by Crippen LogP contribution is 2.19. The molecule has 0 saturated carbocycles. The van der Waals surface area contributed by atoms with E-state index in [4.69, 9.17) is 0 Å². The molecule has 0 bridgehead atoms. The lowest BCUT2D eigenvalue weighted by molar-refractivity contribution is -0.124. The van der Waals surface area contributed by atoms with E-state index >= 15 is 0 Å². The summed E-state index contributed by atoms with van der Waals surface area (Å²) in [7, 11) is 0. The molecule has 1 aliphatic heterocycles. The van der Waals surface area contributed by atoms with E-state index in [1.807, 2.05) is 24.3 Å². The maximum absolute atomic E-state index is 11.3. The normalized spacial score (nSPS) is 20.2. The molecule has 1 aromatic carbocycles. The van der Waals surface area contributed by atoms with Crippen LogP contribution < -0.4 is 10.6 Å². The zero-order chi connectivity index (χ0) is 10.8. The summed E-state index contributed by atoms with van der Waals surface area (Å²) in [4.78, 5) is 22.3. The molecule has 1 aromatic rings. The van der Waals surface area contributed by atoms with E-state index in [0.717, 1.165) is 9.26 Å². The van der Waals surface area contributed by atoms with Gasteiger partial charge in [-0.2, -0.15) is 0 Å². The smallest absolute Gasteiger partial charge is 0.249 e. The number of carbonyl (C=O) groups excluding carboxylic acids is 2. The van der Waals surface area contributed by atoms with Crippen LogP contribution in [0, 0.1) is 3.57 Å². The topological polar surface area (TPSA) is 58.2 Å². The Hall–Kier alpha value is -1.11. The van der Waals surface area contributed by atoms with Crippen molar-refractivity contribution in [1.82, 2.24) is 5.32 Å². The molecule has 2 N–H and O–H groups in total. The van der Waals surface area contributed by atoms with Gasteiger partial charge in [0.05, 0.1) is 6.42 Å². The van der Waals surface area contributed by atoms with Crippen molar-refractivity contribution in [1.29, 1.82) is 0 Å². The number of rotatable bonds is 2. The van der Waals surface area contributed by atoms with Crippen molar-refractivity contribution in [3.8, 4) is 0 Å². The van der Waals surface area contributed by atoms with Crippen LogP contribution in [0.15, 0.2) is 24.3 Å². The van der Waals surface area contributed by atoms with Crippen molar-refractivity contribution in [2.45, 2.75) is 12.5 Å². The monoisotopic (exact) mass is 316 g/mol. The SMILES string of the molecule is O=C1CC(Nc2ccccc2I)C(=O)N1. The minimum Gasteiger partial charge on any atom is -0.372 e. The summed E-state index contributed by atoms with van der Waals surface area (Å²) in [6.07, 6.45) is 0.212. The summed E-state index contributed by atoms with van der Waals surface area (Å²) < 4.78 is 1.03. The second-order valence-electron chi connectivity index (χ2n) is 3.29. The van der Waals surface area contributed by atoms with Gasteiger partial charge < -0.3 is 5.32 Å². The lowest BCUT2D eigenvalue weighted by atomic mass is 10.2. The average molecular weight is 316 g/mol. The molecule has 0 aromatic heterocycles. The lowest BCUT2D eigenvalue weighted by Gasteiger charge is -2.11. The van der Waals surface area contributed by atoms with Crippen LogP contribution >= 0.6 is 22.6 Å². The summed E-state index contributed by atoms with van der Waals surface area (Å²) in [5.41, 5.74) is 0.882. The van der Waals surface area contributed by atoms with Gasteiger partial charge in [0.1, 0.15) is 6.04 Å². The van der Waals surface area contributed by atoms with Gasteiger partial charge in [-0.15, -0.1) is 0 Å². The standard InChI is InChI=1S/C10H9IN2O2/c11-6-3-1-2-4-7(6)12-8-5-9(14)13-10(8)15/h1-4,8,12H,5H2,(H,13,14,15). The van der Waals surface area contributed by atoms with Crippen LogP contribution in [0.25, 0.3) is 0 Å². The largest absolute Gasteiger partial charge is 0.372 e. The van der Waals surface area contributed by atoms with Gasteiger partial charge in [-0.05, 0) is 34.7 Å². The number of hydrogen-bond donors (Lipinski definition) is 2. The molecule has 4 nitrogen and oxygen atoms in total. The van der Waals surface area contributed by atoms with Gasteiger partial charge in [0.25, 0.3) is 0 Å². The molecule has 2 rings (SSSR count). The minimum absolute atomic E-state index is 0.212. The van der Waals surface area contributed by atoms with Crippen molar-refractivity contribution >= 4 is 40.1 Å². The van der Waals surface area contributed by atoms with Crippen molar-refractivity contribution < 1.29 is 9.59 Å². The molecule has 1 fully saturated rings. The van der Waals surface area contributed by atoms with Crippen LogP contribution in [-0.2, 0) is 9.59 Å². The van der Waals surface area contributed by atoms with Crippen LogP contribution in [0.4, 0.5) is 5.69 Å². The molecular weight excluding hydrogens is 307 g/mol. The molecule has 1 unspecified atom stereocenters. The van der Waals surface area contributed by atoms with Gasteiger partial charge >= 0.3 is 0 Å². The average Bonchev–Trinajstić information content (AvgIpc) is 2.49. The van der Waals surface area contributed by atoms with E-state index in [1.54, 1.807) is 0 Å². The highest BCUT2D eigenvalue weighted by Gasteiger charge is 2.30. The number of benzene rings is 1. The van der Waals surface area contributed by atoms with Gasteiger partial charge in [0.2, 0.25) is 11.8 Å². The van der Waals surface area contributed by atoms with Crippen molar-refractivity contribution in [3.05, 3.63) is 27.8 Å². The first-order valence-electron chi connectivity index (χ1n) is 4.51. The Morgan fingerprint density at radius 2 is 2.07 bits per heavy atom. The van der Waals surface area contributed by atoms with E-state index in [-0.39, 0.29) is 18.2 Å². The second kappa shape index (κ2) is 4.18. The Labute approximate surface area is 101 Å². The Morgan fingerprint density at radius 3 is 2.67 bits per heavy atom. The summed E-state index contributed by atoms with van der Waals surface area (Å²) >= 11 is 2.18. The van der Waals surface area contributed by atoms with E-state index in [9.17, 15) is 9.59 Å². The molecule has 78 valence electrons. The molecule has 15 heavy (non-hydrogen) atoms. The first kappa shape index (κ1) is 10.4. The fourth-order valence-corrected chi connectivity index (χ4v) is 1.98. The van der Waals surface area contributed by atoms with Gasteiger partial charge in [-0.3, -0.25) is 14.9 Å². The fraction of sp³-hybridized carbons (Fsp3) is 0.200. The van der Waals surface area contributed by atoms with Crippen molar-refractivity contribution in [2.24, 2.45) is 0 Å². The number of amides is 2. The minimum atomic E-state index is -0.437. The number of nitrogens with one attached hydrogen (secondary N) is 2. The zero-order valence-electron chi connectivity index (χ0n) is 7.79. The highest BCUT2D eigenvalue weighted by atomic mass is 127. The van der Waals surface area contributed by atoms with Crippen LogP contribution in [0.5, 0.6) is 0 Å². The van der Waals surface area contributed by atoms with Crippen LogP contribution in [-0.4, -0.2) is 17.9 Å². The second-order valence-corrected chi connectivity index (χ2v) is 4.46. The quantitative estimate of drug-likeness (QED) is 0.635. The number of para-hydroxylation sites is 1. The summed E-state index contributed by atoms with van der Waals surface area (Å²) in [6.45, 7) is 0. The van der Waals surface area contributed by atoms with Crippen molar-refractivity contribution in [2.75, 3.05) is 5.32 Å². The van der Waals surface area contributed by atoms with Gasteiger partial charge in [0.15, 0.2) is 0 Å². The van der Waals surface area contributed by atoms with E-state index < -0.39 is 6.04 Å². The van der Waals surface area contributed by atoms with Crippen LogP contribution in [0.2, 0.25) is 0 Å². The molecule has 1 atom stereocenters. The number of halogens is 1. The predicted octanol–water partition coefficient (Wildman–Crippen LogP) is 1.12. The molecule has 0 spiro atoms. The summed E-state index contributed by atoms with van der Waals surface area (Å²) in [6, 6.07) is 7.20. The van der Waals surface area contributed by atoms with Gasteiger partial charge in [-0.25, -0.2) is 0 Å². The molecule has 5 heteroatoms. The third-order valence-corrected chi connectivity index (χ3v) is 3.11. The molecule has 1 aliphatic rings. The van der Waals surface area contributed by atoms with E-state index in [1.165, 1.54) is 0 Å². The van der Waals surface area contributed by atoms with Crippen LogP contribution in [0.1, 0.15) is 6.42 Å². The number of anilines is 1. The predicted molar refractivity (Wildman–Crippen MR) is 64.3 cm³/mol. The molecule has 2 amide bonds. The fourth-order valence-electron chi connectivity index (χ4n) is 1.44. The van der Waals surface area contributed by atoms with E-state index in [0.29, 0.717) is 0 Å². The zero-order valence-corrected chi connectivity index (χ0v) is 9.95. The number of hydrogen-bond acceptors (Lipinski definition) is 3. The maximum Gasteiger partial charge on any atom is 0.249 e. The first-order valence-corrected chi connectivity index (χ1v) is 5.59. The summed E-state index contributed by atoms with van der Waals surface area (Å²) in [5.74, 6) is -0.469. The van der Waals surface area contributed by atoms with Gasteiger partial charge in [-0.1, -0.05) is 12.1 Å². The number of carbonyl (C=O) groups is 2. The molecule has 1 heterocycles. The van der Waals surface area contributed by atoms with Crippen LogP contribution in [0.3, 0.4) is 0 Å². The van der Waals surface area contributed by atoms with Crippen molar-refractivity contribution in [3.63, 3.8) is 0 Å². The third kappa shape index (κ3) is 2.28. The Morgan fingerprint density at radius 1 is 1.33 bits per heavy atom. The maximum atomic E-state index is 11.3. The Balaban J connectivity index is 2.13. The lowest BCUT2D eigenvalue weighted by Crippen LogP contribution is -2.30. The van der Waals surface area contributed by atoms with Gasteiger partial charge in [0, 0.05) is 9.26 Å². The Kier molecular flexibility index (Phi) is 2.90. The van der Waals surface area contributed by atoms with E-state index in [2.05, 4.69) is 33.2 Å². The Bertz CT molecular complexity index is 420. The number of imide groups is 1. The molecule has 0 aliphatic carbocycles. The summed E-state index contributed by atoms with van der Waals surface area (Å²) in [5, 5.41) is 5.31. The molecule has 1 saturated heterocycles. The highest BCUT2D eigenvalue weighted by molar-refractivity contribution is 14.1. The first-order chi connectivity index (χ1) is 7.16. The third-order valence-electron chi connectivity index (χ3n) is 2.17.